The molecular weight excluding hydrogens is 393 g/mol. The van der Waals surface area contributed by atoms with E-state index in [-0.39, 0.29) is 24.2 Å². The van der Waals surface area contributed by atoms with E-state index in [0.717, 1.165) is 5.56 Å². The van der Waals surface area contributed by atoms with Gasteiger partial charge >= 0.3 is 0 Å². The van der Waals surface area contributed by atoms with Crippen LogP contribution in [-0.4, -0.2) is 38.4 Å². The van der Waals surface area contributed by atoms with Crippen LogP contribution in [0.2, 0.25) is 0 Å². The molecule has 29 heavy (non-hydrogen) atoms. The Hall–Kier alpha value is -3.20. The molecule has 4 rings (SSSR count). The maximum absolute atomic E-state index is 13.2. The van der Waals surface area contributed by atoms with Crippen LogP contribution >= 0.6 is 11.8 Å². The molecule has 0 aliphatic carbocycles. The van der Waals surface area contributed by atoms with Gasteiger partial charge in [-0.1, -0.05) is 23.9 Å². The Labute approximate surface area is 170 Å². The van der Waals surface area contributed by atoms with Crippen molar-refractivity contribution in [2.75, 3.05) is 16.8 Å². The van der Waals surface area contributed by atoms with Crippen molar-refractivity contribution in [3.63, 3.8) is 0 Å². The summed E-state index contributed by atoms with van der Waals surface area (Å²) in [4.78, 5) is 26.5. The van der Waals surface area contributed by atoms with Gasteiger partial charge in [0.1, 0.15) is 12.4 Å². The fraction of sp³-hybridized carbons (Fsp3) is 0.200. The molecule has 0 spiro atoms. The van der Waals surface area contributed by atoms with E-state index in [9.17, 15) is 14.0 Å². The largest absolute Gasteiger partial charge is 0.323 e. The number of carbonyl (C=O) groups excluding carboxylic acids is 2. The zero-order valence-electron chi connectivity index (χ0n) is 15.8. The van der Waals surface area contributed by atoms with Gasteiger partial charge in [-0.2, -0.15) is 0 Å². The molecule has 1 atom stereocenters. The summed E-state index contributed by atoms with van der Waals surface area (Å²) in [6.07, 6.45) is 0. The van der Waals surface area contributed by atoms with Crippen molar-refractivity contribution >= 4 is 35.0 Å². The lowest BCUT2D eigenvalue weighted by atomic mass is 10.2. The van der Waals surface area contributed by atoms with Gasteiger partial charge < -0.3 is 9.88 Å². The lowest BCUT2D eigenvalue weighted by molar-refractivity contribution is -0.121. The van der Waals surface area contributed by atoms with Crippen LogP contribution < -0.4 is 10.2 Å². The first kappa shape index (κ1) is 19.1. The van der Waals surface area contributed by atoms with E-state index < -0.39 is 5.25 Å². The highest BCUT2D eigenvalue weighted by atomic mass is 32.2. The lowest BCUT2D eigenvalue weighted by Crippen LogP contribution is -2.45. The summed E-state index contributed by atoms with van der Waals surface area (Å²) in [5, 5.41) is 11.2. The summed E-state index contributed by atoms with van der Waals surface area (Å²) >= 11 is 1.26. The zero-order chi connectivity index (χ0) is 20.5. The molecule has 1 aliphatic heterocycles. The topological polar surface area (TPSA) is 80.1 Å². The number of hydrogen-bond acceptors (Lipinski definition) is 5. The van der Waals surface area contributed by atoms with Crippen molar-refractivity contribution < 1.29 is 14.0 Å². The Morgan fingerprint density at radius 2 is 1.90 bits per heavy atom. The third-order valence-corrected chi connectivity index (χ3v) is 5.73. The van der Waals surface area contributed by atoms with Crippen molar-refractivity contribution in [1.82, 2.24) is 14.8 Å². The number of benzene rings is 2. The van der Waals surface area contributed by atoms with E-state index in [0.29, 0.717) is 22.4 Å². The van der Waals surface area contributed by atoms with Crippen molar-refractivity contribution in [3.8, 4) is 11.4 Å². The van der Waals surface area contributed by atoms with Gasteiger partial charge in [-0.15, -0.1) is 10.2 Å². The standard InChI is InChI=1S/C20H18FN5O2S/c1-12(19(28)26-11-17(27)22-15-5-3-4-6-16(15)26)29-20-24-23-18(25(20)2)13-7-9-14(21)10-8-13/h3-10,12H,11H2,1-2H3,(H,22,27)/t12-/m0/s1. The van der Waals surface area contributed by atoms with E-state index in [1.807, 2.05) is 12.1 Å². The molecule has 0 saturated carbocycles. The van der Waals surface area contributed by atoms with Gasteiger partial charge in [-0.25, -0.2) is 4.39 Å². The second kappa shape index (κ2) is 7.67. The number of carbonyl (C=O) groups is 2. The highest BCUT2D eigenvalue weighted by Gasteiger charge is 2.31. The van der Waals surface area contributed by atoms with E-state index in [2.05, 4.69) is 15.5 Å². The number of rotatable bonds is 4. The van der Waals surface area contributed by atoms with Crippen LogP contribution in [0, 0.1) is 5.82 Å². The Bertz CT molecular complexity index is 1080. The Kier molecular flexibility index (Phi) is 5.06. The predicted molar refractivity (Wildman–Crippen MR) is 109 cm³/mol. The Morgan fingerprint density at radius 3 is 2.66 bits per heavy atom. The predicted octanol–water partition coefficient (Wildman–Crippen LogP) is 3.09. The molecule has 0 saturated heterocycles. The quantitative estimate of drug-likeness (QED) is 0.668. The summed E-state index contributed by atoms with van der Waals surface area (Å²) in [6, 6.07) is 13.2. The molecule has 1 N–H and O–H groups in total. The van der Waals surface area contributed by atoms with Crippen LogP contribution in [0.5, 0.6) is 0 Å². The van der Waals surface area contributed by atoms with Crippen molar-refractivity contribution in [2.45, 2.75) is 17.3 Å². The molecule has 0 unspecified atom stereocenters. The average molecular weight is 411 g/mol. The third-order valence-electron chi connectivity index (χ3n) is 4.60. The number of nitrogens with one attached hydrogen (secondary N) is 1. The minimum Gasteiger partial charge on any atom is -0.323 e. The minimum atomic E-state index is -0.488. The molecule has 148 valence electrons. The molecule has 2 heterocycles. The van der Waals surface area contributed by atoms with E-state index in [1.165, 1.54) is 28.8 Å². The van der Waals surface area contributed by atoms with Gasteiger partial charge in [0, 0.05) is 12.6 Å². The summed E-state index contributed by atoms with van der Waals surface area (Å²) < 4.78 is 14.9. The van der Waals surface area contributed by atoms with Crippen molar-refractivity contribution in [1.29, 1.82) is 0 Å². The summed E-state index contributed by atoms with van der Waals surface area (Å²) in [5.74, 6) is -0.166. The van der Waals surface area contributed by atoms with Gasteiger partial charge in [0.05, 0.1) is 16.6 Å². The maximum atomic E-state index is 13.2. The fourth-order valence-electron chi connectivity index (χ4n) is 3.13. The lowest BCUT2D eigenvalue weighted by Gasteiger charge is -2.30. The summed E-state index contributed by atoms with van der Waals surface area (Å²) in [7, 11) is 1.79. The number of anilines is 2. The van der Waals surface area contributed by atoms with Crippen LogP contribution in [-0.2, 0) is 16.6 Å². The van der Waals surface area contributed by atoms with Crippen LogP contribution in [0.4, 0.5) is 15.8 Å². The molecule has 1 aromatic heterocycles. The van der Waals surface area contributed by atoms with Gasteiger partial charge in [0.25, 0.3) is 0 Å². The molecule has 7 nitrogen and oxygen atoms in total. The fourth-order valence-corrected chi connectivity index (χ4v) is 4.00. The number of aromatic nitrogens is 3. The van der Waals surface area contributed by atoms with Crippen LogP contribution in [0.3, 0.4) is 0 Å². The Balaban J connectivity index is 1.54. The molecule has 3 aromatic rings. The number of halogens is 1. The van der Waals surface area contributed by atoms with Crippen molar-refractivity contribution in [2.24, 2.45) is 7.05 Å². The van der Waals surface area contributed by atoms with Gasteiger partial charge in [0.15, 0.2) is 11.0 Å². The second-order valence-electron chi connectivity index (χ2n) is 6.62. The summed E-state index contributed by atoms with van der Waals surface area (Å²) in [5.41, 5.74) is 2.02. The number of hydrogen-bond donors (Lipinski definition) is 1. The molecule has 0 bridgehead atoms. The van der Waals surface area contributed by atoms with Crippen LogP contribution in [0.1, 0.15) is 6.92 Å². The molecule has 0 radical (unpaired) electrons. The van der Waals surface area contributed by atoms with Gasteiger partial charge in [0.2, 0.25) is 11.8 Å². The highest BCUT2D eigenvalue weighted by Crippen LogP contribution is 2.32. The van der Waals surface area contributed by atoms with Gasteiger partial charge in [-0.3, -0.25) is 14.5 Å². The summed E-state index contributed by atoms with van der Waals surface area (Å²) in [6.45, 7) is 1.74. The number of thioether (sulfide) groups is 1. The molecule has 1 aliphatic rings. The van der Waals surface area contributed by atoms with E-state index >= 15 is 0 Å². The normalized spacial score (nSPS) is 14.3. The third kappa shape index (κ3) is 3.73. The smallest absolute Gasteiger partial charge is 0.244 e. The average Bonchev–Trinajstić information content (AvgIpc) is 3.07. The second-order valence-corrected chi connectivity index (χ2v) is 7.93. The number of para-hydroxylation sites is 2. The first-order valence-electron chi connectivity index (χ1n) is 8.96. The first-order chi connectivity index (χ1) is 13.9. The minimum absolute atomic E-state index is 0.0274. The van der Waals surface area contributed by atoms with E-state index in [4.69, 9.17) is 0 Å². The monoisotopic (exact) mass is 411 g/mol. The SMILES string of the molecule is C[C@H](Sc1nnc(-c2ccc(F)cc2)n1C)C(=O)N1CC(=O)Nc2ccccc21. The number of amides is 2. The number of fused-ring (bicyclic) bond motifs is 1. The van der Waals surface area contributed by atoms with Crippen molar-refractivity contribution in [3.05, 3.63) is 54.3 Å². The maximum Gasteiger partial charge on any atom is 0.244 e. The Morgan fingerprint density at radius 1 is 1.17 bits per heavy atom. The molecule has 2 amide bonds. The highest BCUT2D eigenvalue weighted by molar-refractivity contribution is 8.00. The molecule has 9 heteroatoms. The first-order valence-corrected chi connectivity index (χ1v) is 9.84. The molecule has 0 fully saturated rings. The van der Waals surface area contributed by atoms with Gasteiger partial charge in [-0.05, 0) is 43.3 Å². The van der Waals surface area contributed by atoms with E-state index in [1.54, 1.807) is 42.8 Å². The molecule has 2 aromatic carbocycles. The van der Waals surface area contributed by atoms with Crippen LogP contribution in [0.25, 0.3) is 11.4 Å². The molecular formula is C20H18FN5O2S. The van der Waals surface area contributed by atoms with Crippen LogP contribution in [0.15, 0.2) is 53.7 Å². The number of nitrogens with zero attached hydrogens (tertiary/aromatic N) is 4. The zero-order valence-corrected chi connectivity index (χ0v) is 16.6.